The van der Waals surface area contributed by atoms with Gasteiger partial charge in [0, 0.05) is 19.3 Å². The summed E-state index contributed by atoms with van der Waals surface area (Å²) in [7, 11) is 0. The summed E-state index contributed by atoms with van der Waals surface area (Å²) in [6.45, 7) is 6.41. The van der Waals surface area contributed by atoms with Gasteiger partial charge in [-0.15, -0.1) is 0 Å². The minimum atomic E-state index is -0.810. The van der Waals surface area contributed by atoms with Gasteiger partial charge in [-0.25, -0.2) is 0 Å². The summed E-state index contributed by atoms with van der Waals surface area (Å²) < 4.78 is 16.7. The molecule has 0 aliphatic carbocycles. The number of carbonyl (C=O) groups is 3. The Balaban J connectivity index is 4.51. The molecule has 0 heterocycles. The monoisotopic (exact) mass is 849 g/mol. The van der Waals surface area contributed by atoms with Gasteiger partial charge in [0.05, 0.1) is 0 Å². The fraction of sp³-hybridized carbons (Fsp3) is 0.691. The number of ether oxygens (including phenoxy) is 3. The van der Waals surface area contributed by atoms with Crippen LogP contribution < -0.4 is 0 Å². The molecule has 0 N–H and O–H groups in total. The number of allylic oxidation sites excluding steroid dienone is 14. The lowest BCUT2D eigenvalue weighted by Crippen LogP contribution is -2.30. The van der Waals surface area contributed by atoms with Gasteiger partial charge in [0.15, 0.2) is 6.10 Å². The van der Waals surface area contributed by atoms with E-state index in [1.54, 1.807) is 0 Å². The fourth-order valence-electron chi connectivity index (χ4n) is 6.67. The summed E-state index contributed by atoms with van der Waals surface area (Å²) in [5, 5.41) is 0. The second kappa shape index (κ2) is 49.2. The zero-order valence-corrected chi connectivity index (χ0v) is 39.7. The molecule has 0 spiro atoms. The summed E-state index contributed by atoms with van der Waals surface area (Å²) in [5.74, 6) is -0.992. The highest BCUT2D eigenvalue weighted by Gasteiger charge is 2.19. The Hall–Kier alpha value is -3.41. The average Bonchev–Trinajstić information content (AvgIpc) is 3.26. The molecule has 0 saturated heterocycles. The Morgan fingerprint density at radius 2 is 0.656 bits per heavy atom. The molecule has 1 atom stereocenters. The predicted molar refractivity (Wildman–Crippen MR) is 261 cm³/mol. The van der Waals surface area contributed by atoms with E-state index in [-0.39, 0.29) is 31.1 Å². The van der Waals surface area contributed by atoms with Crippen molar-refractivity contribution < 1.29 is 28.6 Å². The van der Waals surface area contributed by atoms with Gasteiger partial charge in [-0.3, -0.25) is 14.4 Å². The van der Waals surface area contributed by atoms with Gasteiger partial charge in [0.1, 0.15) is 13.2 Å². The summed E-state index contributed by atoms with van der Waals surface area (Å²) in [5.41, 5.74) is 0. The van der Waals surface area contributed by atoms with Crippen molar-refractivity contribution in [1.82, 2.24) is 0 Å². The molecule has 0 aliphatic rings. The highest BCUT2D eigenvalue weighted by Crippen LogP contribution is 2.13. The summed E-state index contributed by atoms with van der Waals surface area (Å²) in [6, 6.07) is 0. The minimum Gasteiger partial charge on any atom is -0.462 e. The maximum Gasteiger partial charge on any atom is 0.306 e. The zero-order chi connectivity index (χ0) is 44.4. The molecule has 6 nitrogen and oxygen atoms in total. The molecular formula is C55H92O6. The van der Waals surface area contributed by atoms with Crippen LogP contribution in [0.15, 0.2) is 85.1 Å². The molecule has 61 heavy (non-hydrogen) atoms. The average molecular weight is 849 g/mol. The number of rotatable bonds is 44. The van der Waals surface area contributed by atoms with Crippen LogP contribution in [0.1, 0.15) is 226 Å². The molecular weight excluding hydrogens is 757 g/mol. The third-order valence-electron chi connectivity index (χ3n) is 10.5. The summed E-state index contributed by atoms with van der Waals surface area (Å²) in [4.78, 5) is 37.9. The van der Waals surface area contributed by atoms with Crippen LogP contribution in [-0.2, 0) is 28.6 Å². The maximum absolute atomic E-state index is 12.8. The normalized spacial score (nSPS) is 12.8. The SMILES string of the molecule is CC\C=C/C=C\C=C/C=C\CCCCCC(=O)OCC(COC(=O)CCCCC/C=C\C=C/CCCCCCCCC)OC(=O)CCCCC/C=C\CCCCCCCCC. The van der Waals surface area contributed by atoms with Crippen LogP contribution in [0.4, 0.5) is 0 Å². The highest BCUT2D eigenvalue weighted by molar-refractivity contribution is 5.71. The van der Waals surface area contributed by atoms with Crippen molar-refractivity contribution in [3.63, 3.8) is 0 Å². The van der Waals surface area contributed by atoms with E-state index in [9.17, 15) is 14.4 Å². The van der Waals surface area contributed by atoms with Crippen LogP contribution in [0, 0.1) is 0 Å². The lowest BCUT2D eigenvalue weighted by molar-refractivity contribution is -0.167. The molecule has 0 amide bonds. The van der Waals surface area contributed by atoms with Crippen molar-refractivity contribution in [3.8, 4) is 0 Å². The Morgan fingerprint density at radius 1 is 0.344 bits per heavy atom. The van der Waals surface area contributed by atoms with E-state index in [0.29, 0.717) is 19.3 Å². The number of esters is 3. The molecule has 0 fully saturated rings. The Kier molecular flexibility index (Phi) is 46.5. The first-order valence-corrected chi connectivity index (χ1v) is 25.2. The van der Waals surface area contributed by atoms with Gasteiger partial charge < -0.3 is 14.2 Å². The van der Waals surface area contributed by atoms with Crippen LogP contribution >= 0.6 is 0 Å². The lowest BCUT2D eigenvalue weighted by atomic mass is 10.1. The Labute approximate surface area is 375 Å². The smallest absolute Gasteiger partial charge is 0.306 e. The van der Waals surface area contributed by atoms with Crippen molar-refractivity contribution in [2.45, 2.75) is 232 Å². The molecule has 0 aromatic heterocycles. The predicted octanol–water partition coefficient (Wildman–Crippen LogP) is 16.4. The van der Waals surface area contributed by atoms with E-state index < -0.39 is 6.10 Å². The lowest BCUT2D eigenvalue weighted by Gasteiger charge is -2.18. The van der Waals surface area contributed by atoms with E-state index in [0.717, 1.165) is 96.3 Å². The number of hydrogen-bond donors (Lipinski definition) is 0. The van der Waals surface area contributed by atoms with E-state index in [1.165, 1.54) is 89.9 Å². The van der Waals surface area contributed by atoms with Crippen LogP contribution in [0.25, 0.3) is 0 Å². The fourth-order valence-corrected chi connectivity index (χ4v) is 6.67. The quantitative estimate of drug-likeness (QED) is 0.0200. The third-order valence-corrected chi connectivity index (χ3v) is 10.5. The van der Waals surface area contributed by atoms with Gasteiger partial charge in [-0.05, 0) is 89.9 Å². The molecule has 6 heteroatoms. The zero-order valence-electron chi connectivity index (χ0n) is 39.7. The third kappa shape index (κ3) is 47.5. The first-order valence-electron chi connectivity index (χ1n) is 25.2. The standard InChI is InChI=1S/C55H92O6/c1-4-7-10-13-16-19-22-25-27-28-31-33-36-39-42-45-48-54(57)60-51-52(50-59-53(56)47-44-41-38-35-32-29-24-21-18-15-12-9-6-3)61-55(58)49-46-43-40-37-34-30-26-23-20-17-14-11-8-5-2/h9,12,15,18,21,24,27-34,52H,4-8,10-11,13-14,16-17,19-20,22-23,25-26,35-51H2,1-3H3/b12-9-,18-15-,24-21-,28-27-,32-29-,33-31-,34-30-. The van der Waals surface area contributed by atoms with Gasteiger partial charge >= 0.3 is 17.9 Å². The largest absolute Gasteiger partial charge is 0.462 e. The van der Waals surface area contributed by atoms with Gasteiger partial charge in [0.25, 0.3) is 0 Å². The molecule has 1 unspecified atom stereocenters. The van der Waals surface area contributed by atoms with Crippen molar-refractivity contribution in [1.29, 1.82) is 0 Å². The van der Waals surface area contributed by atoms with E-state index >= 15 is 0 Å². The molecule has 0 aliphatic heterocycles. The van der Waals surface area contributed by atoms with Crippen molar-refractivity contribution in [3.05, 3.63) is 85.1 Å². The molecule has 0 radical (unpaired) electrons. The first-order chi connectivity index (χ1) is 30.0. The van der Waals surface area contributed by atoms with E-state index in [4.69, 9.17) is 14.2 Å². The van der Waals surface area contributed by atoms with Crippen LogP contribution in [0.2, 0.25) is 0 Å². The van der Waals surface area contributed by atoms with Gasteiger partial charge in [0.2, 0.25) is 0 Å². The minimum absolute atomic E-state index is 0.110. The number of hydrogen-bond acceptors (Lipinski definition) is 6. The van der Waals surface area contributed by atoms with Crippen LogP contribution in [0.3, 0.4) is 0 Å². The van der Waals surface area contributed by atoms with E-state index in [1.807, 2.05) is 36.5 Å². The molecule has 0 rings (SSSR count). The van der Waals surface area contributed by atoms with Gasteiger partial charge in [-0.1, -0.05) is 202 Å². The highest BCUT2D eigenvalue weighted by atomic mass is 16.6. The number of carbonyl (C=O) groups excluding carboxylic acids is 3. The molecule has 348 valence electrons. The first kappa shape index (κ1) is 57.6. The summed E-state index contributed by atoms with van der Waals surface area (Å²) in [6.07, 6.45) is 62.8. The van der Waals surface area contributed by atoms with Crippen molar-refractivity contribution in [2.24, 2.45) is 0 Å². The summed E-state index contributed by atoms with van der Waals surface area (Å²) >= 11 is 0. The second-order valence-corrected chi connectivity index (χ2v) is 16.5. The van der Waals surface area contributed by atoms with Crippen LogP contribution in [-0.4, -0.2) is 37.2 Å². The van der Waals surface area contributed by atoms with Crippen molar-refractivity contribution >= 4 is 17.9 Å². The Morgan fingerprint density at radius 3 is 1.07 bits per heavy atom. The molecule has 0 bridgehead atoms. The topological polar surface area (TPSA) is 78.9 Å². The van der Waals surface area contributed by atoms with Gasteiger partial charge in [-0.2, -0.15) is 0 Å². The van der Waals surface area contributed by atoms with E-state index in [2.05, 4.69) is 69.4 Å². The molecule has 0 saturated carbocycles. The van der Waals surface area contributed by atoms with Crippen molar-refractivity contribution in [2.75, 3.05) is 13.2 Å². The van der Waals surface area contributed by atoms with Crippen LogP contribution in [0.5, 0.6) is 0 Å². The molecule has 0 aromatic carbocycles. The molecule has 0 aromatic rings. The Bertz CT molecular complexity index is 1200. The maximum atomic E-state index is 12.8. The number of unbranched alkanes of at least 4 members (excludes halogenated alkanes) is 23. The second-order valence-electron chi connectivity index (χ2n) is 16.5.